The number of rotatable bonds is 6. The number of methoxy groups -OCH3 is 1. The van der Waals surface area contributed by atoms with Crippen molar-refractivity contribution in [3.8, 4) is 11.5 Å². The number of benzene rings is 1. The van der Waals surface area contributed by atoms with Gasteiger partial charge in [0.15, 0.2) is 0 Å². The molecule has 0 aliphatic carbocycles. The van der Waals surface area contributed by atoms with Gasteiger partial charge in [-0.15, -0.1) is 0 Å². The van der Waals surface area contributed by atoms with Crippen LogP contribution in [0.15, 0.2) is 23.3 Å². The molecule has 2 aromatic rings. The van der Waals surface area contributed by atoms with E-state index < -0.39 is 5.97 Å². The van der Waals surface area contributed by atoms with E-state index in [1.165, 1.54) is 12.3 Å². The van der Waals surface area contributed by atoms with Crippen LogP contribution in [-0.4, -0.2) is 36.0 Å². The number of hydrogen-bond donors (Lipinski definition) is 2. The fraction of sp³-hybridized carbons (Fsp3) is 0.267. The minimum Gasteiger partial charge on any atom is -0.507 e. The number of anilines is 1. The van der Waals surface area contributed by atoms with Crippen molar-refractivity contribution in [2.75, 3.05) is 19.1 Å². The van der Waals surface area contributed by atoms with Crippen molar-refractivity contribution in [1.82, 2.24) is 4.98 Å². The first-order chi connectivity index (χ1) is 11.0. The first kappa shape index (κ1) is 16.8. The summed E-state index contributed by atoms with van der Waals surface area (Å²) in [5.74, 6) is 0.294. The molecule has 0 spiro atoms. The zero-order chi connectivity index (χ0) is 16.8. The van der Waals surface area contributed by atoms with Crippen LogP contribution in [0.5, 0.6) is 11.5 Å². The maximum absolute atomic E-state index is 11.7. The van der Waals surface area contributed by atoms with Crippen molar-refractivity contribution in [2.45, 2.75) is 13.8 Å². The largest absolute Gasteiger partial charge is 0.507 e. The molecule has 0 radical (unpaired) electrons. The van der Waals surface area contributed by atoms with Crippen LogP contribution < -0.4 is 10.2 Å². The lowest BCUT2D eigenvalue weighted by atomic mass is 10.2. The Balaban J connectivity index is 2.09. The van der Waals surface area contributed by atoms with Crippen molar-refractivity contribution in [3.05, 3.63) is 34.3 Å². The molecule has 1 heterocycles. The van der Waals surface area contributed by atoms with Crippen LogP contribution in [0.25, 0.3) is 0 Å². The second kappa shape index (κ2) is 7.59. The number of nitrogens with zero attached hydrogens (tertiary/aromatic N) is 2. The highest BCUT2D eigenvalue weighted by atomic mass is 32.1. The molecule has 0 aliphatic rings. The summed E-state index contributed by atoms with van der Waals surface area (Å²) in [6.45, 7) is 3.79. The molecule has 8 heteroatoms. The smallest absolute Gasteiger partial charge is 0.350 e. The van der Waals surface area contributed by atoms with Gasteiger partial charge in [-0.05, 0) is 32.0 Å². The second-order valence-electron chi connectivity index (χ2n) is 4.45. The van der Waals surface area contributed by atoms with Crippen LogP contribution in [0, 0.1) is 6.92 Å². The number of esters is 1. The van der Waals surface area contributed by atoms with Gasteiger partial charge in [-0.3, -0.25) is 5.43 Å². The zero-order valence-corrected chi connectivity index (χ0v) is 13.8. The second-order valence-corrected chi connectivity index (χ2v) is 5.45. The quantitative estimate of drug-likeness (QED) is 0.479. The minimum atomic E-state index is -0.398. The molecule has 0 atom stereocenters. The standard InChI is InChI=1S/C15H17N3O4S/c1-4-22-14(20)13-9(2)17-15(23-13)18-16-8-10-7-11(21-3)5-6-12(10)19/h5-8,19H,4H2,1-3H3,(H,17,18)/b16-8+. The molecule has 1 aromatic heterocycles. The topological polar surface area (TPSA) is 93.0 Å². The number of thiazole rings is 1. The van der Waals surface area contributed by atoms with E-state index in [1.807, 2.05) is 0 Å². The Morgan fingerprint density at radius 2 is 2.30 bits per heavy atom. The van der Waals surface area contributed by atoms with Crippen LogP contribution in [0.4, 0.5) is 5.13 Å². The molecule has 0 bridgehead atoms. The summed E-state index contributed by atoms with van der Waals surface area (Å²) in [5.41, 5.74) is 3.81. The highest BCUT2D eigenvalue weighted by molar-refractivity contribution is 7.17. The van der Waals surface area contributed by atoms with E-state index in [1.54, 1.807) is 33.1 Å². The van der Waals surface area contributed by atoms with Crippen molar-refractivity contribution in [1.29, 1.82) is 0 Å². The van der Waals surface area contributed by atoms with Gasteiger partial charge < -0.3 is 14.6 Å². The average molecular weight is 335 g/mol. The van der Waals surface area contributed by atoms with Gasteiger partial charge in [-0.25, -0.2) is 9.78 Å². The zero-order valence-electron chi connectivity index (χ0n) is 13.0. The molecule has 2 N–H and O–H groups in total. The highest BCUT2D eigenvalue weighted by Crippen LogP contribution is 2.24. The molecule has 23 heavy (non-hydrogen) atoms. The molecule has 7 nitrogen and oxygen atoms in total. The Bertz CT molecular complexity index is 728. The van der Waals surface area contributed by atoms with Gasteiger partial charge in [0.05, 0.1) is 25.6 Å². The van der Waals surface area contributed by atoms with E-state index in [-0.39, 0.29) is 5.75 Å². The van der Waals surface area contributed by atoms with Gasteiger partial charge in [0.2, 0.25) is 5.13 Å². The van der Waals surface area contributed by atoms with Gasteiger partial charge in [0, 0.05) is 5.56 Å². The molecule has 122 valence electrons. The van der Waals surface area contributed by atoms with Gasteiger partial charge >= 0.3 is 5.97 Å². The molecule has 0 fully saturated rings. The average Bonchev–Trinajstić information content (AvgIpc) is 2.90. The van der Waals surface area contributed by atoms with Crippen molar-refractivity contribution >= 4 is 28.7 Å². The van der Waals surface area contributed by atoms with Crippen LogP contribution in [0.2, 0.25) is 0 Å². The van der Waals surface area contributed by atoms with E-state index >= 15 is 0 Å². The normalized spacial score (nSPS) is 10.7. The summed E-state index contributed by atoms with van der Waals surface area (Å²) in [5, 5.41) is 14.2. The number of aromatic hydroxyl groups is 1. The van der Waals surface area contributed by atoms with Gasteiger partial charge in [0.1, 0.15) is 16.4 Å². The Labute approximate surface area is 137 Å². The van der Waals surface area contributed by atoms with E-state index in [0.717, 1.165) is 11.3 Å². The molecule has 0 unspecified atom stereocenters. The Morgan fingerprint density at radius 1 is 1.52 bits per heavy atom. The number of aryl methyl sites for hydroxylation is 1. The van der Waals surface area contributed by atoms with Gasteiger partial charge in [0.25, 0.3) is 0 Å². The number of aromatic nitrogens is 1. The summed E-state index contributed by atoms with van der Waals surface area (Å²) >= 11 is 1.16. The summed E-state index contributed by atoms with van der Waals surface area (Å²) in [7, 11) is 1.54. The van der Waals surface area contributed by atoms with Crippen LogP contribution in [-0.2, 0) is 4.74 Å². The van der Waals surface area contributed by atoms with Crippen LogP contribution in [0.3, 0.4) is 0 Å². The maximum Gasteiger partial charge on any atom is 0.350 e. The minimum absolute atomic E-state index is 0.0823. The number of phenols is 1. The molecule has 1 aromatic carbocycles. The Kier molecular flexibility index (Phi) is 5.53. The molecular formula is C15H17N3O4S. The summed E-state index contributed by atoms with van der Waals surface area (Å²) in [4.78, 5) is 16.4. The van der Waals surface area contributed by atoms with Crippen LogP contribution >= 0.6 is 11.3 Å². The Hall–Kier alpha value is -2.61. The molecule has 0 saturated heterocycles. The lowest BCUT2D eigenvalue weighted by Crippen LogP contribution is -2.03. The Morgan fingerprint density at radius 3 is 3.00 bits per heavy atom. The fourth-order valence-electron chi connectivity index (χ4n) is 1.75. The monoisotopic (exact) mass is 335 g/mol. The number of hydrazone groups is 1. The third-order valence-corrected chi connectivity index (χ3v) is 3.90. The van der Waals surface area contributed by atoms with Crippen molar-refractivity contribution in [2.24, 2.45) is 5.10 Å². The number of phenolic OH excluding ortho intramolecular Hbond substituents is 1. The molecule has 0 aliphatic heterocycles. The molecule has 0 amide bonds. The van der Waals surface area contributed by atoms with E-state index in [4.69, 9.17) is 9.47 Å². The third-order valence-electron chi connectivity index (χ3n) is 2.86. The number of nitrogens with one attached hydrogen (secondary N) is 1. The van der Waals surface area contributed by atoms with E-state index in [2.05, 4.69) is 15.5 Å². The molecule has 2 rings (SSSR count). The summed E-state index contributed by atoms with van der Waals surface area (Å²) in [6, 6.07) is 4.82. The van der Waals surface area contributed by atoms with E-state index in [0.29, 0.717) is 33.6 Å². The highest BCUT2D eigenvalue weighted by Gasteiger charge is 2.15. The number of carbonyl (C=O) groups excluding carboxylic acids is 1. The first-order valence-corrected chi connectivity index (χ1v) is 7.67. The van der Waals surface area contributed by atoms with Gasteiger partial charge in [-0.2, -0.15) is 5.10 Å². The summed E-state index contributed by atoms with van der Waals surface area (Å²) in [6.07, 6.45) is 1.44. The molecule has 0 saturated carbocycles. The van der Waals surface area contributed by atoms with Crippen molar-refractivity contribution in [3.63, 3.8) is 0 Å². The van der Waals surface area contributed by atoms with Crippen molar-refractivity contribution < 1.29 is 19.4 Å². The van der Waals surface area contributed by atoms with E-state index in [9.17, 15) is 9.90 Å². The SMILES string of the molecule is CCOC(=O)c1sc(N/N=C/c2cc(OC)ccc2O)nc1C. The lowest BCUT2D eigenvalue weighted by molar-refractivity contribution is 0.0531. The number of ether oxygens (including phenoxy) is 2. The number of carbonyl (C=O) groups is 1. The number of hydrogen-bond acceptors (Lipinski definition) is 8. The molecular weight excluding hydrogens is 318 g/mol. The lowest BCUT2D eigenvalue weighted by Gasteiger charge is -2.02. The predicted molar refractivity (Wildman–Crippen MR) is 88.7 cm³/mol. The summed E-state index contributed by atoms with van der Waals surface area (Å²) < 4.78 is 10.0. The van der Waals surface area contributed by atoms with Gasteiger partial charge in [-0.1, -0.05) is 11.3 Å². The first-order valence-electron chi connectivity index (χ1n) is 6.85. The van der Waals surface area contributed by atoms with Crippen LogP contribution in [0.1, 0.15) is 27.9 Å². The fourth-order valence-corrected chi connectivity index (χ4v) is 2.56. The third kappa shape index (κ3) is 4.19. The predicted octanol–water partition coefficient (Wildman–Crippen LogP) is 2.79. The maximum atomic E-state index is 11.7.